The third-order valence-electron chi connectivity index (χ3n) is 2.72. The average Bonchev–Trinajstić information content (AvgIpc) is 2.43. The van der Waals surface area contributed by atoms with Crippen LogP contribution in [-0.2, 0) is 25.4 Å². The largest absolute Gasteiger partial charge is 0.391 e. The number of aliphatic hydroxyl groups is 1. The number of hydrogen-bond acceptors (Lipinski definition) is 6. The third kappa shape index (κ3) is 6.66. The van der Waals surface area contributed by atoms with Gasteiger partial charge in [0.15, 0.2) is 9.84 Å². The van der Waals surface area contributed by atoms with E-state index in [9.17, 15) is 17.7 Å². The Hall–Kier alpha value is -0.800. The zero-order valence-corrected chi connectivity index (χ0v) is 13.7. The van der Waals surface area contributed by atoms with Gasteiger partial charge in [-0.05, 0) is 24.3 Å². The van der Waals surface area contributed by atoms with Gasteiger partial charge >= 0.3 is 0 Å². The first-order valence-electron chi connectivity index (χ1n) is 6.41. The lowest BCUT2D eigenvalue weighted by Gasteiger charge is -2.11. The predicted molar refractivity (Wildman–Crippen MR) is 81.6 cm³/mol. The Balaban J connectivity index is 2.52. The molecule has 0 aliphatic heterocycles. The maximum absolute atomic E-state index is 12.1. The van der Waals surface area contributed by atoms with Gasteiger partial charge in [-0.2, -0.15) is 0 Å². The van der Waals surface area contributed by atoms with Crippen molar-refractivity contribution in [3.8, 4) is 0 Å². The molecular formula is C13H21NO5S2. The highest BCUT2D eigenvalue weighted by molar-refractivity contribution is 7.90. The van der Waals surface area contributed by atoms with E-state index in [-0.39, 0.29) is 10.6 Å². The minimum Gasteiger partial charge on any atom is -0.391 e. The molecule has 6 nitrogen and oxygen atoms in total. The summed E-state index contributed by atoms with van der Waals surface area (Å²) in [6, 6.07) is 5.87. The summed E-state index contributed by atoms with van der Waals surface area (Å²) in [7, 11) is -3.04. The molecule has 0 fully saturated rings. The molecule has 0 saturated carbocycles. The number of benzene rings is 1. The van der Waals surface area contributed by atoms with E-state index in [1.54, 1.807) is 7.11 Å². The zero-order chi connectivity index (χ0) is 15.9. The number of nitrogens with one attached hydrogen (secondary N) is 1. The van der Waals surface area contributed by atoms with Gasteiger partial charge in [0.05, 0.1) is 34.2 Å². The summed E-state index contributed by atoms with van der Waals surface area (Å²) in [4.78, 5) is 0.684. The predicted octanol–water partition coefficient (Wildman–Crippen LogP) is -0.205. The molecule has 0 aliphatic rings. The first kappa shape index (κ1) is 18.2. The highest BCUT2D eigenvalue weighted by Crippen LogP contribution is 2.13. The van der Waals surface area contributed by atoms with Crippen LogP contribution < -0.4 is 5.32 Å². The van der Waals surface area contributed by atoms with Gasteiger partial charge in [-0.15, -0.1) is 0 Å². The molecule has 0 aliphatic carbocycles. The Morgan fingerprint density at radius 3 is 2.48 bits per heavy atom. The van der Waals surface area contributed by atoms with Gasteiger partial charge in [-0.3, -0.25) is 4.21 Å². The van der Waals surface area contributed by atoms with Crippen molar-refractivity contribution in [2.45, 2.75) is 15.9 Å². The summed E-state index contributed by atoms with van der Waals surface area (Å²) < 4.78 is 39.6. The van der Waals surface area contributed by atoms with Crippen LogP contribution in [0.25, 0.3) is 0 Å². The lowest BCUT2D eigenvalue weighted by molar-refractivity contribution is 0.174. The second kappa shape index (κ2) is 8.60. The summed E-state index contributed by atoms with van der Waals surface area (Å²) >= 11 is 0. The molecule has 1 aromatic rings. The van der Waals surface area contributed by atoms with Crippen molar-refractivity contribution in [1.29, 1.82) is 0 Å². The molecule has 1 rings (SSSR count). The minimum atomic E-state index is -3.26. The molecule has 2 atom stereocenters. The fraction of sp³-hybridized carbons (Fsp3) is 0.538. The van der Waals surface area contributed by atoms with Crippen LogP contribution in [0.2, 0.25) is 0 Å². The molecule has 0 aromatic heterocycles. The molecule has 8 heteroatoms. The van der Waals surface area contributed by atoms with Crippen molar-refractivity contribution < 1.29 is 22.5 Å². The van der Waals surface area contributed by atoms with E-state index in [0.717, 1.165) is 6.26 Å². The Morgan fingerprint density at radius 1 is 1.33 bits per heavy atom. The molecule has 21 heavy (non-hydrogen) atoms. The molecule has 0 heterocycles. The summed E-state index contributed by atoms with van der Waals surface area (Å²) in [5.41, 5.74) is 0. The van der Waals surface area contributed by atoms with Crippen LogP contribution in [0.15, 0.2) is 34.1 Å². The second-order valence-electron chi connectivity index (χ2n) is 4.61. The summed E-state index contributed by atoms with van der Waals surface area (Å²) in [6.07, 6.45) is 0.381. The van der Waals surface area contributed by atoms with E-state index in [1.807, 2.05) is 0 Å². The van der Waals surface area contributed by atoms with Gasteiger partial charge in [-0.1, -0.05) is 0 Å². The normalized spacial score (nSPS) is 14.8. The minimum absolute atomic E-state index is 0.0954. The smallest absolute Gasteiger partial charge is 0.175 e. The van der Waals surface area contributed by atoms with Crippen molar-refractivity contribution in [1.82, 2.24) is 5.32 Å². The van der Waals surface area contributed by atoms with E-state index in [4.69, 9.17) is 4.74 Å². The topological polar surface area (TPSA) is 92.7 Å². The van der Waals surface area contributed by atoms with Crippen molar-refractivity contribution in [2.24, 2.45) is 0 Å². The SMILES string of the molecule is COCCNCC(O)CS(=O)c1ccc(S(C)(=O)=O)cc1. The molecule has 2 N–H and O–H groups in total. The lowest BCUT2D eigenvalue weighted by Crippen LogP contribution is -2.32. The highest BCUT2D eigenvalue weighted by Gasteiger charge is 2.13. The van der Waals surface area contributed by atoms with Crippen molar-refractivity contribution in [3.05, 3.63) is 24.3 Å². The number of methoxy groups -OCH3 is 1. The maximum Gasteiger partial charge on any atom is 0.175 e. The molecule has 2 unspecified atom stereocenters. The van der Waals surface area contributed by atoms with Crippen LogP contribution in [0.1, 0.15) is 0 Å². The van der Waals surface area contributed by atoms with Gasteiger partial charge in [0.25, 0.3) is 0 Å². The van der Waals surface area contributed by atoms with E-state index < -0.39 is 26.7 Å². The standard InChI is InChI=1S/C13H21NO5S2/c1-19-8-7-14-9-11(15)10-20(16)12-3-5-13(6-4-12)21(2,17)18/h3-6,11,14-15H,7-10H2,1-2H3. The maximum atomic E-state index is 12.1. The van der Waals surface area contributed by atoms with E-state index in [0.29, 0.717) is 24.6 Å². The lowest BCUT2D eigenvalue weighted by atomic mass is 10.4. The summed E-state index contributed by atoms with van der Waals surface area (Å²) in [6.45, 7) is 1.49. The Bertz CT molecular complexity index is 556. The Kier molecular flexibility index (Phi) is 7.47. The molecule has 0 radical (unpaired) electrons. The van der Waals surface area contributed by atoms with Crippen LogP contribution in [0.5, 0.6) is 0 Å². The fourth-order valence-electron chi connectivity index (χ4n) is 1.61. The highest BCUT2D eigenvalue weighted by atomic mass is 32.2. The van der Waals surface area contributed by atoms with Gasteiger partial charge in [-0.25, -0.2) is 8.42 Å². The first-order chi connectivity index (χ1) is 9.84. The number of ether oxygens (including phenoxy) is 1. The van der Waals surface area contributed by atoms with E-state index >= 15 is 0 Å². The summed E-state index contributed by atoms with van der Waals surface area (Å²) in [5.74, 6) is 0.0954. The number of sulfone groups is 1. The molecule has 0 saturated heterocycles. The van der Waals surface area contributed by atoms with E-state index in [2.05, 4.69) is 5.32 Å². The van der Waals surface area contributed by atoms with Gasteiger partial charge in [0.1, 0.15) is 0 Å². The number of rotatable bonds is 9. The van der Waals surface area contributed by atoms with Crippen LogP contribution in [-0.4, -0.2) is 62.7 Å². The third-order valence-corrected chi connectivity index (χ3v) is 5.34. The monoisotopic (exact) mass is 335 g/mol. The van der Waals surface area contributed by atoms with Crippen LogP contribution in [0, 0.1) is 0 Å². The molecule has 120 valence electrons. The zero-order valence-electron chi connectivity index (χ0n) is 12.1. The number of hydrogen-bond donors (Lipinski definition) is 2. The molecule has 0 spiro atoms. The molecule has 1 aromatic carbocycles. The molecule has 0 amide bonds. The molecule has 0 bridgehead atoms. The summed E-state index contributed by atoms with van der Waals surface area (Å²) in [5, 5.41) is 12.8. The quantitative estimate of drug-likeness (QED) is 0.607. The number of aliphatic hydroxyl groups excluding tert-OH is 1. The van der Waals surface area contributed by atoms with Crippen molar-refractivity contribution in [2.75, 3.05) is 38.8 Å². The van der Waals surface area contributed by atoms with Crippen LogP contribution in [0.3, 0.4) is 0 Å². The van der Waals surface area contributed by atoms with Crippen molar-refractivity contribution in [3.63, 3.8) is 0 Å². The fourth-order valence-corrected chi connectivity index (χ4v) is 3.34. The van der Waals surface area contributed by atoms with Gasteiger partial charge in [0, 0.05) is 31.4 Å². The average molecular weight is 335 g/mol. The van der Waals surface area contributed by atoms with Gasteiger partial charge in [0.2, 0.25) is 0 Å². The van der Waals surface area contributed by atoms with Crippen LogP contribution >= 0.6 is 0 Å². The Morgan fingerprint density at radius 2 is 1.95 bits per heavy atom. The molecular weight excluding hydrogens is 314 g/mol. The Labute approximate surface area is 127 Å². The van der Waals surface area contributed by atoms with Crippen LogP contribution in [0.4, 0.5) is 0 Å². The van der Waals surface area contributed by atoms with E-state index in [1.165, 1.54) is 24.3 Å². The van der Waals surface area contributed by atoms with Gasteiger partial charge < -0.3 is 15.2 Å². The first-order valence-corrected chi connectivity index (χ1v) is 9.62. The van der Waals surface area contributed by atoms with Crippen molar-refractivity contribution >= 4 is 20.6 Å². The second-order valence-corrected chi connectivity index (χ2v) is 8.12.